The normalized spacial score (nSPS) is 26.9. The molecule has 1 aromatic heterocycles. The number of esters is 1. The van der Waals surface area contributed by atoms with E-state index in [0.29, 0.717) is 5.92 Å². The van der Waals surface area contributed by atoms with E-state index in [4.69, 9.17) is 9.72 Å². The first kappa shape index (κ1) is 13.6. The number of hydrogen-bond acceptors (Lipinski definition) is 4. The van der Waals surface area contributed by atoms with Gasteiger partial charge in [0.25, 0.3) is 0 Å². The van der Waals surface area contributed by atoms with E-state index in [1.165, 1.54) is 5.69 Å². The first-order valence-corrected chi connectivity index (χ1v) is 7.46. The number of cyclic esters (lactones) is 1. The van der Waals surface area contributed by atoms with Gasteiger partial charge in [-0.1, -0.05) is 13.8 Å². The molecule has 1 saturated heterocycles. The Balaban J connectivity index is 1.82. The van der Waals surface area contributed by atoms with Crippen LogP contribution in [0.4, 0.5) is 0 Å². The Hall–Kier alpha value is -1.36. The average Bonchev–Trinajstić information content (AvgIpc) is 2.89. The summed E-state index contributed by atoms with van der Waals surface area (Å²) < 4.78 is 7.51. The van der Waals surface area contributed by atoms with Crippen molar-refractivity contribution in [2.75, 3.05) is 6.54 Å². The number of nitrogens with zero attached hydrogens (tertiary/aromatic N) is 3. The molecule has 0 N–H and O–H groups in total. The van der Waals surface area contributed by atoms with Crippen molar-refractivity contribution < 1.29 is 9.53 Å². The van der Waals surface area contributed by atoms with E-state index in [1.807, 2.05) is 6.92 Å². The Morgan fingerprint density at radius 2 is 2.15 bits per heavy atom. The summed E-state index contributed by atoms with van der Waals surface area (Å²) in [7, 11) is 2.10. The Kier molecular flexibility index (Phi) is 3.32. The number of rotatable bonds is 2. The Morgan fingerprint density at radius 1 is 1.40 bits per heavy atom. The van der Waals surface area contributed by atoms with Gasteiger partial charge in [-0.15, -0.1) is 0 Å². The van der Waals surface area contributed by atoms with Gasteiger partial charge in [0.15, 0.2) is 0 Å². The van der Waals surface area contributed by atoms with Crippen molar-refractivity contribution in [3.8, 4) is 0 Å². The van der Waals surface area contributed by atoms with Crippen molar-refractivity contribution in [2.45, 2.75) is 58.2 Å². The molecule has 0 spiro atoms. The number of carbonyl (C=O) groups is 1. The lowest BCUT2D eigenvalue weighted by molar-refractivity contribution is -0.145. The van der Waals surface area contributed by atoms with Crippen molar-refractivity contribution in [1.29, 1.82) is 0 Å². The maximum Gasteiger partial charge on any atom is 0.323 e. The summed E-state index contributed by atoms with van der Waals surface area (Å²) in [5.74, 6) is 1.50. The monoisotopic (exact) mass is 277 g/mol. The molecule has 0 radical (unpaired) electrons. The van der Waals surface area contributed by atoms with Crippen LogP contribution in [0.5, 0.6) is 0 Å². The third-order valence-electron chi connectivity index (χ3n) is 4.42. The van der Waals surface area contributed by atoms with Crippen LogP contribution in [0.15, 0.2) is 0 Å². The Morgan fingerprint density at radius 3 is 2.75 bits per heavy atom. The molecular weight excluding hydrogens is 254 g/mol. The lowest BCUT2D eigenvalue weighted by atomic mass is 10.1. The van der Waals surface area contributed by atoms with Gasteiger partial charge in [-0.3, -0.25) is 9.69 Å². The van der Waals surface area contributed by atoms with Gasteiger partial charge in [-0.05, 0) is 6.92 Å². The molecule has 5 nitrogen and oxygen atoms in total. The summed E-state index contributed by atoms with van der Waals surface area (Å²) >= 11 is 0. The zero-order valence-electron chi connectivity index (χ0n) is 12.7. The summed E-state index contributed by atoms with van der Waals surface area (Å²) in [6, 6.07) is -0.0809. The highest BCUT2D eigenvalue weighted by Crippen LogP contribution is 2.28. The predicted molar refractivity (Wildman–Crippen MR) is 75.4 cm³/mol. The summed E-state index contributed by atoms with van der Waals surface area (Å²) in [6.45, 7) is 7.98. The highest BCUT2D eigenvalue weighted by Gasteiger charge is 2.38. The van der Waals surface area contributed by atoms with Crippen LogP contribution >= 0.6 is 0 Å². The lowest BCUT2D eigenvalue weighted by Gasteiger charge is -2.29. The number of imidazole rings is 1. The molecular formula is C15H23N3O2. The number of carbonyl (C=O) groups excluding carboxylic acids is 1. The third-order valence-corrected chi connectivity index (χ3v) is 4.42. The maximum atomic E-state index is 11.9. The molecule has 5 heteroatoms. The molecule has 1 aromatic rings. The van der Waals surface area contributed by atoms with Gasteiger partial charge >= 0.3 is 5.97 Å². The zero-order chi connectivity index (χ0) is 14.4. The summed E-state index contributed by atoms with van der Waals surface area (Å²) in [5, 5.41) is 0. The second-order valence-corrected chi connectivity index (χ2v) is 6.30. The van der Waals surface area contributed by atoms with E-state index in [-0.39, 0.29) is 18.1 Å². The molecule has 0 unspecified atom stereocenters. The molecule has 0 amide bonds. The highest BCUT2D eigenvalue weighted by atomic mass is 16.6. The molecule has 20 heavy (non-hydrogen) atoms. The van der Waals surface area contributed by atoms with Gasteiger partial charge in [0, 0.05) is 44.6 Å². The fraction of sp³-hybridized carbons (Fsp3) is 0.733. The van der Waals surface area contributed by atoms with Crippen molar-refractivity contribution >= 4 is 5.97 Å². The van der Waals surface area contributed by atoms with Gasteiger partial charge in [-0.2, -0.15) is 0 Å². The molecule has 1 fully saturated rings. The van der Waals surface area contributed by atoms with Crippen LogP contribution in [0.2, 0.25) is 0 Å². The van der Waals surface area contributed by atoms with Crippen LogP contribution in [0.25, 0.3) is 0 Å². The summed E-state index contributed by atoms with van der Waals surface area (Å²) in [6.07, 6.45) is 1.81. The number of fused-ring (bicyclic) bond motifs is 1. The highest BCUT2D eigenvalue weighted by molar-refractivity contribution is 5.78. The van der Waals surface area contributed by atoms with Gasteiger partial charge in [-0.25, -0.2) is 4.98 Å². The van der Waals surface area contributed by atoms with Crippen LogP contribution < -0.4 is 0 Å². The zero-order valence-corrected chi connectivity index (χ0v) is 12.7. The quantitative estimate of drug-likeness (QED) is 0.771. The number of ether oxygens (including phenoxy) is 1. The molecule has 0 aromatic carbocycles. The smallest absolute Gasteiger partial charge is 0.323 e. The van der Waals surface area contributed by atoms with E-state index in [1.54, 1.807) is 0 Å². The number of aromatic nitrogens is 2. The standard InChI is InChI=1S/C15H23N3O2/c1-9(2)14-16-11-8-18(6-5-12(11)17(14)4)13-7-10(3)20-15(13)19/h9-10,13H,5-8H2,1-4H3/t10-,13-/m1/s1. The van der Waals surface area contributed by atoms with Crippen molar-refractivity contribution in [3.05, 3.63) is 17.2 Å². The lowest BCUT2D eigenvalue weighted by Crippen LogP contribution is -2.42. The van der Waals surface area contributed by atoms with E-state index in [2.05, 4.69) is 30.4 Å². The summed E-state index contributed by atoms with van der Waals surface area (Å²) in [4.78, 5) is 18.9. The Labute approximate surface area is 119 Å². The SMILES string of the molecule is CC(C)c1nc2c(n1C)CCN([C@@H]1C[C@@H](C)OC1=O)C2. The topological polar surface area (TPSA) is 47.4 Å². The molecule has 2 aliphatic rings. The number of hydrogen-bond donors (Lipinski definition) is 0. The van der Waals surface area contributed by atoms with Gasteiger partial charge < -0.3 is 9.30 Å². The van der Waals surface area contributed by atoms with Gasteiger partial charge in [0.2, 0.25) is 0 Å². The minimum Gasteiger partial charge on any atom is -0.461 e. The Bertz CT molecular complexity index is 535. The summed E-state index contributed by atoms with van der Waals surface area (Å²) in [5.41, 5.74) is 2.46. The predicted octanol–water partition coefficient (Wildman–Crippen LogP) is 1.61. The molecule has 2 atom stereocenters. The van der Waals surface area contributed by atoms with E-state index in [9.17, 15) is 4.79 Å². The third kappa shape index (κ3) is 2.14. The second kappa shape index (κ2) is 4.88. The van der Waals surface area contributed by atoms with E-state index >= 15 is 0 Å². The largest absolute Gasteiger partial charge is 0.461 e. The minimum atomic E-state index is -0.0809. The fourth-order valence-corrected chi connectivity index (χ4v) is 3.39. The fourth-order valence-electron chi connectivity index (χ4n) is 3.39. The maximum absolute atomic E-state index is 11.9. The molecule has 3 rings (SSSR count). The molecule has 3 heterocycles. The van der Waals surface area contributed by atoms with Crippen molar-refractivity contribution in [2.24, 2.45) is 7.05 Å². The van der Waals surface area contributed by atoms with Crippen molar-refractivity contribution in [1.82, 2.24) is 14.5 Å². The van der Waals surface area contributed by atoms with Gasteiger partial charge in [0.1, 0.15) is 18.0 Å². The van der Waals surface area contributed by atoms with Crippen LogP contribution in [0.3, 0.4) is 0 Å². The second-order valence-electron chi connectivity index (χ2n) is 6.30. The van der Waals surface area contributed by atoms with E-state index < -0.39 is 0 Å². The first-order chi connectivity index (χ1) is 9.47. The first-order valence-electron chi connectivity index (χ1n) is 7.46. The molecule has 2 aliphatic heterocycles. The van der Waals surface area contributed by atoms with Gasteiger partial charge in [0.05, 0.1) is 5.69 Å². The van der Waals surface area contributed by atoms with E-state index in [0.717, 1.165) is 37.4 Å². The van der Waals surface area contributed by atoms with Crippen LogP contribution in [-0.4, -0.2) is 39.1 Å². The van der Waals surface area contributed by atoms with Crippen molar-refractivity contribution in [3.63, 3.8) is 0 Å². The van der Waals surface area contributed by atoms with Crippen LogP contribution in [0.1, 0.15) is 50.3 Å². The molecule has 0 bridgehead atoms. The van der Waals surface area contributed by atoms with Crippen LogP contribution in [0, 0.1) is 0 Å². The molecule has 0 saturated carbocycles. The molecule has 0 aliphatic carbocycles. The minimum absolute atomic E-state index is 0.0452. The average molecular weight is 277 g/mol. The van der Waals surface area contributed by atoms with Crippen LogP contribution in [-0.2, 0) is 29.5 Å². The molecule has 110 valence electrons.